The maximum absolute atomic E-state index is 2.62. The van der Waals surface area contributed by atoms with Crippen LogP contribution in [0.5, 0.6) is 0 Å². The normalized spacial score (nSPS) is 21.9. The van der Waals surface area contributed by atoms with Crippen LogP contribution in [0.4, 0.5) is 0 Å². The third-order valence-electron chi connectivity index (χ3n) is 6.22. The Balaban J connectivity index is 0.000000226. The molecule has 3 aliphatic heterocycles. The molecule has 30 heavy (non-hydrogen) atoms. The molecule has 0 aliphatic carbocycles. The van der Waals surface area contributed by atoms with E-state index in [0.29, 0.717) is 0 Å². The SMILES string of the molecule is CC(C)CN1CCCC1.CC(C)CN1CCCCC1.CC(C)CN1CCCCCC1. The topological polar surface area (TPSA) is 9.72 Å². The largest absolute Gasteiger partial charge is 0.303 e. The van der Waals surface area contributed by atoms with Crippen molar-refractivity contribution in [1.82, 2.24) is 14.7 Å². The van der Waals surface area contributed by atoms with Crippen molar-refractivity contribution in [2.45, 2.75) is 99.3 Å². The lowest BCUT2D eigenvalue weighted by molar-refractivity contribution is 0.206. The summed E-state index contributed by atoms with van der Waals surface area (Å²) in [6.45, 7) is 25.8. The zero-order valence-corrected chi connectivity index (χ0v) is 21.8. The Labute approximate surface area is 191 Å². The molecule has 0 saturated carbocycles. The van der Waals surface area contributed by atoms with E-state index in [1.54, 1.807) is 0 Å². The smallest absolute Gasteiger partial charge is 0.000438 e. The van der Waals surface area contributed by atoms with Crippen LogP contribution >= 0.6 is 0 Å². The van der Waals surface area contributed by atoms with Gasteiger partial charge in [-0.05, 0) is 95.5 Å². The first-order valence-corrected chi connectivity index (χ1v) is 13.5. The van der Waals surface area contributed by atoms with E-state index in [4.69, 9.17) is 0 Å². The number of piperidine rings is 1. The molecule has 0 atom stereocenters. The van der Waals surface area contributed by atoms with Crippen molar-refractivity contribution < 1.29 is 0 Å². The summed E-state index contributed by atoms with van der Waals surface area (Å²) in [5.41, 5.74) is 0. The van der Waals surface area contributed by atoms with Crippen LogP contribution in [0.1, 0.15) is 99.3 Å². The third-order valence-corrected chi connectivity index (χ3v) is 6.22. The van der Waals surface area contributed by atoms with Crippen molar-refractivity contribution in [3.63, 3.8) is 0 Å². The van der Waals surface area contributed by atoms with Crippen LogP contribution in [0.15, 0.2) is 0 Å². The van der Waals surface area contributed by atoms with Gasteiger partial charge in [0.25, 0.3) is 0 Å². The molecule has 0 unspecified atom stereocenters. The molecule has 3 fully saturated rings. The molecule has 3 nitrogen and oxygen atoms in total. The molecule has 3 aliphatic rings. The molecule has 3 heterocycles. The molecule has 0 aromatic rings. The first-order chi connectivity index (χ1) is 14.4. The highest BCUT2D eigenvalue weighted by Crippen LogP contribution is 2.11. The molecule has 180 valence electrons. The summed E-state index contributed by atoms with van der Waals surface area (Å²) in [7, 11) is 0. The Morgan fingerprint density at radius 3 is 0.800 bits per heavy atom. The Bertz CT molecular complexity index is 360. The third kappa shape index (κ3) is 15.6. The second kappa shape index (κ2) is 17.4. The molecule has 0 radical (unpaired) electrons. The van der Waals surface area contributed by atoms with Gasteiger partial charge in [-0.3, -0.25) is 0 Å². The van der Waals surface area contributed by atoms with Gasteiger partial charge in [0.2, 0.25) is 0 Å². The van der Waals surface area contributed by atoms with Crippen molar-refractivity contribution in [3.8, 4) is 0 Å². The summed E-state index contributed by atoms with van der Waals surface area (Å²) in [5.74, 6) is 2.54. The van der Waals surface area contributed by atoms with Crippen LogP contribution < -0.4 is 0 Å². The summed E-state index contributed by atoms with van der Waals surface area (Å²) in [5, 5.41) is 0. The van der Waals surface area contributed by atoms with Crippen LogP contribution in [0.3, 0.4) is 0 Å². The maximum Gasteiger partial charge on any atom is 0.000438 e. The average Bonchev–Trinajstić information content (AvgIpc) is 3.04. The molecule has 3 saturated heterocycles. The van der Waals surface area contributed by atoms with Crippen molar-refractivity contribution >= 4 is 0 Å². The average molecular weight is 424 g/mol. The van der Waals surface area contributed by atoms with Crippen LogP contribution in [-0.4, -0.2) is 73.6 Å². The van der Waals surface area contributed by atoms with Crippen molar-refractivity contribution in [2.75, 3.05) is 58.9 Å². The molecule has 0 bridgehead atoms. The number of hydrogen-bond acceptors (Lipinski definition) is 3. The van der Waals surface area contributed by atoms with Crippen molar-refractivity contribution in [3.05, 3.63) is 0 Å². The van der Waals surface area contributed by atoms with Gasteiger partial charge in [-0.1, -0.05) is 60.8 Å². The standard InChI is InChI=1S/C10H21N.C9H19N.C8H17N/c1-10(2)9-11-7-5-3-4-6-8-11;1-9(2)8-10-6-4-3-5-7-10;1-8(2)7-9-5-3-4-6-9/h10H,3-9H2,1-2H3;9H,3-8H2,1-2H3;8H,3-7H2,1-2H3. The first kappa shape index (κ1) is 27.9. The van der Waals surface area contributed by atoms with Gasteiger partial charge in [0.05, 0.1) is 0 Å². The second-order valence-electron chi connectivity index (χ2n) is 11.3. The van der Waals surface area contributed by atoms with Gasteiger partial charge >= 0.3 is 0 Å². The molecular weight excluding hydrogens is 366 g/mol. The van der Waals surface area contributed by atoms with Crippen LogP contribution in [0.2, 0.25) is 0 Å². The summed E-state index contributed by atoms with van der Waals surface area (Å²) in [4.78, 5) is 7.77. The number of hydrogen-bond donors (Lipinski definition) is 0. The fraction of sp³-hybridized carbons (Fsp3) is 1.00. The molecule has 3 rings (SSSR count). The van der Waals surface area contributed by atoms with Crippen LogP contribution in [0.25, 0.3) is 0 Å². The minimum absolute atomic E-state index is 0.841. The molecule has 0 amide bonds. The maximum atomic E-state index is 2.62. The number of likely N-dealkylation sites (tertiary alicyclic amines) is 3. The number of rotatable bonds is 6. The molecule has 0 spiro atoms. The summed E-state index contributed by atoms with van der Waals surface area (Å²) < 4.78 is 0. The van der Waals surface area contributed by atoms with E-state index in [0.717, 1.165) is 17.8 Å². The van der Waals surface area contributed by atoms with E-state index in [2.05, 4.69) is 56.2 Å². The lowest BCUT2D eigenvalue weighted by Crippen LogP contribution is -2.32. The lowest BCUT2D eigenvalue weighted by Gasteiger charge is -2.27. The van der Waals surface area contributed by atoms with E-state index in [9.17, 15) is 0 Å². The van der Waals surface area contributed by atoms with Gasteiger partial charge in [0.15, 0.2) is 0 Å². The highest BCUT2D eigenvalue weighted by atomic mass is 15.1. The highest BCUT2D eigenvalue weighted by molar-refractivity contribution is 4.67. The first-order valence-electron chi connectivity index (χ1n) is 13.5. The second-order valence-corrected chi connectivity index (χ2v) is 11.3. The Kier molecular flexibility index (Phi) is 16.2. The molecule has 0 aromatic heterocycles. The fourth-order valence-corrected chi connectivity index (χ4v) is 4.98. The van der Waals surface area contributed by atoms with Crippen LogP contribution in [-0.2, 0) is 0 Å². The zero-order chi connectivity index (χ0) is 22.2. The van der Waals surface area contributed by atoms with Gasteiger partial charge in [0.1, 0.15) is 0 Å². The van der Waals surface area contributed by atoms with Crippen molar-refractivity contribution in [2.24, 2.45) is 17.8 Å². The summed E-state index contributed by atoms with van der Waals surface area (Å²) >= 11 is 0. The Morgan fingerprint density at radius 1 is 0.367 bits per heavy atom. The summed E-state index contributed by atoms with van der Waals surface area (Å²) in [6.07, 6.45) is 12.9. The van der Waals surface area contributed by atoms with Crippen molar-refractivity contribution in [1.29, 1.82) is 0 Å². The minimum Gasteiger partial charge on any atom is -0.303 e. The number of nitrogens with zero attached hydrogens (tertiary/aromatic N) is 3. The van der Waals surface area contributed by atoms with Crippen LogP contribution in [0, 0.1) is 17.8 Å². The van der Waals surface area contributed by atoms with E-state index in [1.165, 1.54) is 117 Å². The molecule has 0 aromatic carbocycles. The quantitative estimate of drug-likeness (QED) is 0.490. The van der Waals surface area contributed by atoms with Gasteiger partial charge in [-0.25, -0.2) is 0 Å². The van der Waals surface area contributed by atoms with Gasteiger partial charge < -0.3 is 14.7 Å². The lowest BCUT2D eigenvalue weighted by atomic mass is 10.1. The van der Waals surface area contributed by atoms with Gasteiger partial charge in [-0.2, -0.15) is 0 Å². The highest BCUT2D eigenvalue weighted by Gasteiger charge is 2.12. The summed E-state index contributed by atoms with van der Waals surface area (Å²) in [6, 6.07) is 0. The van der Waals surface area contributed by atoms with Gasteiger partial charge in [0, 0.05) is 19.6 Å². The van der Waals surface area contributed by atoms with E-state index < -0.39 is 0 Å². The zero-order valence-electron chi connectivity index (χ0n) is 21.8. The monoisotopic (exact) mass is 423 g/mol. The minimum atomic E-state index is 0.841. The predicted molar refractivity (Wildman–Crippen MR) is 135 cm³/mol. The van der Waals surface area contributed by atoms with E-state index >= 15 is 0 Å². The Hall–Kier alpha value is -0.120. The fourth-order valence-electron chi connectivity index (χ4n) is 4.98. The molecule has 0 N–H and O–H groups in total. The molecular formula is C27H57N3. The van der Waals surface area contributed by atoms with E-state index in [1.807, 2.05) is 0 Å². The molecule has 3 heteroatoms. The Morgan fingerprint density at radius 2 is 0.567 bits per heavy atom. The van der Waals surface area contributed by atoms with Gasteiger partial charge in [-0.15, -0.1) is 0 Å². The predicted octanol–water partition coefficient (Wildman–Crippen LogP) is 6.38. The van der Waals surface area contributed by atoms with E-state index in [-0.39, 0.29) is 0 Å².